The topological polar surface area (TPSA) is 65.2 Å². The highest BCUT2D eigenvalue weighted by Gasteiger charge is 1.92. The third-order valence-corrected chi connectivity index (χ3v) is 1.38. The van der Waals surface area contributed by atoms with Gasteiger partial charge in [0.2, 0.25) is 0 Å². The highest BCUT2D eigenvalue weighted by Crippen LogP contribution is 2.02. The number of carbonyl (C=O) groups excluding carboxylic acids is 1. The highest BCUT2D eigenvalue weighted by atomic mass is 35.5. The van der Waals surface area contributed by atoms with E-state index in [4.69, 9.17) is 5.73 Å². The van der Waals surface area contributed by atoms with E-state index in [1.165, 1.54) is 13.2 Å². The SMILES string of the molecule is COC(=O)/C=C/c1cccc(N)n1.Cl. The van der Waals surface area contributed by atoms with E-state index in [9.17, 15) is 4.79 Å². The minimum absolute atomic E-state index is 0. The number of hydrogen-bond acceptors (Lipinski definition) is 4. The van der Waals surface area contributed by atoms with Gasteiger partial charge < -0.3 is 10.5 Å². The summed E-state index contributed by atoms with van der Waals surface area (Å²) in [6, 6.07) is 5.19. The molecule has 1 rings (SSSR count). The number of methoxy groups -OCH3 is 1. The van der Waals surface area contributed by atoms with Crippen LogP contribution in [0.1, 0.15) is 5.69 Å². The van der Waals surface area contributed by atoms with Crippen LogP contribution in [0.2, 0.25) is 0 Å². The van der Waals surface area contributed by atoms with E-state index < -0.39 is 5.97 Å². The second kappa shape index (κ2) is 5.99. The molecule has 1 aromatic heterocycles. The molecule has 1 aromatic rings. The minimum atomic E-state index is -0.413. The Balaban J connectivity index is 0.00000169. The quantitative estimate of drug-likeness (QED) is 0.595. The molecule has 0 bridgehead atoms. The summed E-state index contributed by atoms with van der Waals surface area (Å²) in [7, 11) is 1.32. The number of rotatable bonds is 2. The lowest BCUT2D eigenvalue weighted by atomic mass is 10.3. The number of anilines is 1. The van der Waals surface area contributed by atoms with Gasteiger partial charge in [0.05, 0.1) is 12.8 Å². The van der Waals surface area contributed by atoms with Crippen molar-refractivity contribution in [1.82, 2.24) is 4.98 Å². The molecule has 0 aliphatic rings. The predicted molar refractivity (Wildman–Crippen MR) is 56.9 cm³/mol. The fraction of sp³-hybridized carbons (Fsp3) is 0.111. The molecule has 0 aromatic carbocycles. The fourth-order valence-corrected chi connectivity index (χ4v) is 0.783. The molecule has 0 aliphatic heterocycles. The maximum atomic E-state index is 10.7. The van der Waals surface area contributed by atoms with Crippen molar-refractivity contribution in [2.45, 2.75) is 0 Å². The van der Waals surface area contributed by atoms with Crippen LogP contribution in [0, 0.1) is 0 Å². The third-order valence-electron chi connectivity index (χ3n) is 1.38. The third kappa shape index (κ3) is 3.91. The first-order valence-electron chi connectivity index (χ1n) is 3.71. The first-order valence-corrected chi connectivity index (χ1v) is 3.71. The zero-order chi connectivity index (χ0) is 9.68. The molecule has 14 heavy (non-hydrogen) atoms. The Kier molecular flexibility index (Phi) is 5.33. The molecule has 0 radical (unpaired) electrons. The van der Waals surface area contributed by atoms with Crippen LogP contribution in [-0.4, -0.2) is 18.1 Å². The molecule has 2 N–H and O–H groups in total. The van der Waals surface area contributed by atoms with Crippen molar-refractivity contribution < 1.29 is 9.53 Å². The van der Waals surface area contributed by atoms with Crippen molar-refractivity contribution >= 4 is 30.3 Å². The number of ether oxygens (including phenoxy) is 1. The van der Waals surface area contributed by atoms with Crippen LogP contribution in [-0.2, 0) is 9.53 Å². The number of pyridine rings is 1. The van der Waals surface area contributed by atoms with E-state index in [1.54, 1.807) is 24.3 Å². The summed E-state index contributed by atoms with van der Waals surface area (Å²) in [6.07, 6.45) is 2.84. The van der Waals surface area contributed by atoms with E-state index >= 15 is 0 Å². The van der Waals surface area contributed by atoms with Crippen molar-refractivity contribution in [2.24, 2.45) is 0 Å². The van der Waals surface area contributed by atoms with Crippen molar-refractivity contribution in [3.8, 4) is 0 Å². The lowest BCUT2D eigenvalue weighted by Crippen LogP contribution is -1.94. The van der Waals surface area contributed by atoms with Gasteiger partial charge in [-0.1, -0.05) is 6.07 Å². The Morgan fingerprint density at radius 1 is 1.57 bits per heavy atom. The van der Waals surface area contributed by atoms with Crippen molar-refractivity contribution in [3.63, 3.8) is 0 Å². The van der Waals surface area contributed by atoms with Crippen molar-refractivity contribution in [1.29, 1.82) is 0 Å². The summed E-state index contributed by atoms with van der Waals surface area (Å²) in [5, 5.41) is 0. The minimum Gasteiger partial charge on any atom is -0.466 e. The lowest BCUT2D eigenvalue weighted by molar-refractivity contribution is -0.134. The molecule has 5 heteroatoms. The first kappa shape index (κ1) is 12.4. The fourth-order valence-electron chi connectivity index (χ4n) is 0.783. The maximum Gasteiger partial charge on any atom is 0.330 e. The molecule has 0 saturated heterocycles. The summed E-state index contributed by atoms with van der Waals surface area (Å²) >= 11 is 0. The van der Waals surface area contributed by atoms with E-state index in [1.807, 2.05) is 0 Å². The van der Waals surface area contributed by atoms with E-state index in [2.05, 4.69) is 9.72 Å². The first-order chi connectivity index (χ1) is 6.22. The summed E-state index contributed by atoms with van der Waals surface area (Å²) < 4.78 is 4.42. The molecular weight excluding hydrogens is 204 g/mol. The number of hydrogen-bond donors (Lipinski definition) is 1. The summed E-state index contributed by atoms with van der Waals surface area (Å²) in [5.41, 5.74) is 6.07. The van der Waals surface area contributed by atoms with Crippen molar-refractivity contribution in [3.05, 3.63) is 30.0 Å². The number of aromatic nitrogens is 1. The second-order valence-corrected chi connectivity index (χ2v) is 2.34. The average Bonchev–Trinajstić information content (AvgIpc) is 2.14. The molecule has 0 unspecified atom stereocenters. The number of nitrogens with two attached hydrogens (primary N) is 1. The van der Waals surface area contributed by atoms with Crippen LogP contribution < -0.4 is 5.73 Å². The van der Waals surface area contributed by atoms with E-state index in [-0.39, 0.29) is 12.4 Å². The predicted octanol–water partition coefficient (Wildman–Crippen LogP) is 1.27. The number of carbonyl (C=O) groups is 1. The van der Waals surface area contributed by atoms with Crippen molar-refractivity contribution in [2.75, 3.05) is 12.8 Å². The van der Waals surface area contributed by atoms with Gasteiger partial charge in [-0.05, 0) is 18.2 Å². The van der Waals surface area contributed by atoms with Gasteiger partial charge in [-0.25, -0.2) is 9.78 Å². The van der Waals surface area contributed by atoms with Gasteiger partial charge in [0.15, 0.2) is 0 Å². The normalized spacial score (nSPS) is 9.50. The van der Waals surface area contributed by atoms with Crippen LogP contribution in [0.25, 0.3) is 6.08 Å². The summed E-state index contributed by atoms with van der Waals surface area (Å²) in [4.78, 5) is 14.7. The summed E-state index contributed by atoms with van der Waals surface area (Å²) in [5.74, 6) is 0.0104. The van der Waals surface area contributed by atoms with Crippen LogP contribution in [0.4, 0.5) is 5.82 Å². The molecule has 0 spiro atoms. The Morgan fingerprint density at radius 2 is 2.29 bits per heavy atom. The molecule has 76 valence electrons. The largest absolute Gasteiger partial charge is 0.466 e. The van der Waals surface area contributed by atoms with Gasteiger partial charge >= 0.3 is 5.97 Å². The zero-order valence-electron chi connectivity index (χ0n) is 7.64. The molecule has 0 amide bonds. The molecular formula is C9H11ClN2O2. The highest BCUT2D eigenvalue weighted by molar-refractivity contribution is 5.86. The average molecular weight is 215 g/mol. The maximum absolute atomic E-state index is 10.7. The van der Waals surface area contributed by atoms with Gasteiger partial charge in [0.25, 0.3) is 0 Å². The Bertz CT molecular complexity index is 339. The molecule has 1 heterocycles. The Labute approximate surface area is 88.2 Å². The van der Waals surface area contributed by atoms with Gasteiger partial charge in [0.1, 0.15) is 5.82 Å². The van der Waals surface area contributed by atoms with Gasteiger partial charge in [-0.2, -0.15) is 0 Å². The standard InChI is InChI=1S/C9H10N2O2.ClH/c1-13-9(12)6-5-7-3-2-4-8(10)11-7;/h2-6H,1H3,(H2,10,11);1H/b6-5+;. The van der Waals surface area contributed by atoms with Crippen LogP contribution in [0.15, 0.2) is 24.3 Å². The van der Waals surface area contributed by atoms with E-state index in [0.717, 1.165) is 0 Å². The lowest BCUT2D eigenvalue weighted by Gasteiger charge is -1.94. The monoisotopic (exact) mass is 214 g/mol. The number of esters is 1. The van der Waals surface area contributed by atoms with Gasteiger partial charge in [-0.3, -0.25) is 0 Å². The number of nitrogens with zero attached hydrogens (tertiary/aromatic N) is 1. The molecule has 0 saturated carbocycles. The van der Waals surface area contributed by atoms with Crippen LogP contribution in [0.3, 0.4) is 0 Å². The second-order valence-electron chi connectivity index (χ2n) is 2.34. The zero-order valence-corrected chi connectivity index (χ0v) is 8.45. The molecule has 0 aliphatic carbocycles. The van der Waals surface area contributed by atoms with Gasteiger partial charge in [-0.15, -0.1) is 12.4 Å². The number of halogens is 1. The molecule has 0 fully saturated rings. The van der Waals surface area contributed by atoms with Gasteiger partial charge in [0, 0.05) is 6.08 Å². The van der Waals surface area contributed by atoms with Crippen LogP contribution in [0.5, 0.6) is 0 Å². The smallest absolute Gasteiger partial charge is 0.330 e. The van der Waals surface area contributed by atoms with E-state index in [0.29, 0.717) is 11.5 Å². The summed E-state index contributed by atoms with van der Waals surface area (Å²) in [6.45, 7) is 0. The Morgan fingerprint density at radius 3 is 2.86 bits per heavy atom. The molecule has 4 nitrogen and oxygen atoms in total. The molecule has 0 atom stereocenters. The van der Waals surface area contributed by atoms with Crippen LogP contribution >= 0.6 is 12.4 Å². The Hall–Kier alpha value is -1.55. The number of nitrogen functional groups attached to an aromatic ring is 1.